The van der Waals surface area contributed by atoms with Gasteiger partial charge in [0.1, 0.15) is 19.3 Å². The normalized spacial score (nSPS) is 14.1. The lowest BCUT2D eigenvalue weighted by Crippen LogP contribution is -2.30. The first-order valence-corrected chi connectivity index (χ1v) is 39.5. The van der Waals surface area contributed by atoms with Crippen LogP contribution in [0.4, 0.5) is 0 Å². The summed E-state index contributed by atoms with van der Waals surface area (Å²) in [7, 11) is -9.90. The van der Waals surface area contributed by atoms with Gasteiger partial charge in [0.2, 0.25) is 0 Å². The van der Waals surface area contributed by atoms with E-state index in [1.807, 2.05) is 0 Å². The number of phosphoric ester groups is 2. The lowest BCUT2D eigenvalue weighted by atomic mass is 10.0. The van der Waals surface area contributed by atoms with Crippen LogP contribution in [0.3, 0.4) is 0 Å². The summed E-state index contributed by atoms with van der Waals surface area (Å²) >= 11 is 0. The Morgan fingerprint density at radius 3 is 0.764 bits per heavy atom. The Bertz CT molecular complexity index is 1730. The zero-order chi connectivity index (χ0) is 65.7. The Labute approximate surface area is 543 Å². The highest BCUT2D eigenvalue weighted by molar-refractivity contribution is 7.47. The third-order valence-corrected chi connectivity index (χ3v) is 18.1. The van der Waals surface area contributed by atoms with E-state index < -0.39 is 97.5 Å². The van der Waals surface area contributed by atoms with Gasteiger partial charge >= 0.3 is 39.5 Å². The number of aliphatic hydroxyl groups is 1. The van der Waals surface area contributed by atoms with Crippen LogP contribution in [0.1, 0.15) is 356 Å². The predicted octanol–water partition coefficient (Wildman–Crippen LogP) is 20.0. The number of esters is 4. The van der Waals surface area contributed by atoms with E-state index in [0.29, 0.717) is 25.7 Å². The van der Waals surface area contributed by atoms with Crippen molar-refractivity contribution in [2.45, 2.75) is 374 Å². The van der Waals surface area contributed by atoms with E-state index in [9.17, 15) is 43.2 Å². The van der Waals surface area contributed by atoms with E-state index in [-0.39, 0.29) is 25.7 Å². The average molecular weight is 1310 g/mol. The van der Waals surface area contributed by atoms with Gasteiger partial charge in [-0.25, -0.2) is 9.13 Å². The molecule has 5 atom stereocenters. The van der Waals surface area contributed by atoms with Gasteiger partial charge in [-0.15, -0.1) is 0 Å². The van der Waals surface area contributed by atoms with Crippen molar-refractivity contribution < 1.29 is 80.2 Å². The number of carbonyl (C=O) groups excluding carboxylic acids is 4. The minimum Gasteiger partial charge on any atom is -0.462 e. The molecule has 3 N–H and O–H groups in total. The largest absolute Gasteiger partial charge is 0.472 e. The van der Waals surface area contributed by atoms with Crippen LogP contribution in [0.25, 0.3) is 0 Å². The molecule has 0 saturated carbocycles. The van der Waals surface area contributed by atoms with Crippen LogP contribution < -0.4 is 0 Å². The fraction of sp³-hybridized carbons (Fsp3) is 0.943. The first-order chi connectivity index (χ1) is 42.9. The number of phosphoric acid groups is 2. The minimum atomic E-state index is -4.95. The fourth-order valence-electron chi connectivity index (χ4n) is 10.6. The van der Waals surface area contributed by atoms with E-state index in [1.54, 1.807) is 0 Å². The van der Waals surface area contributed by atoms with Gasteiger partial charge in [0.25, 0.3) is 0 Å². The summed E-state index contributed by atoms with van der Waals surface area (Å²) in [4.78, 5) is 72.5. The maximum atomic E-state index is 13.0. The summed E-state index contributed by atoms with van der Waals surface area (Å²) in [5, 5.41) is 10.6. The van der Waals surface area contributed by atoms with Gasteiger partial charge in [0, 0.05) is 25.7 Å². The van der Waals surface area contributed by atoms with Crippen LogP contribution in [0.5, 0.6) is 0 Å². The van der Waals surface area contributed by atoms with Crippen molar-refractivity contribution in [2.24, 2.45) is 11.8 Å². The number of rotatable bonds is 69. The first kappa shape index (κ1) is 87.1. The molecule has 528 valence electrons. The van der Waals surface area contributed by atoms with Gasteiger partial charge in [0.05, 0.1) is 26.4 Å². The highest BCUT2D eigenvalue weighted by Crippen LogP contribution is 2.45. The lowest BCUT2D eigenvalue weighted by Gasteiger charge is -2.21. The summed E-state index contributed by atoms with van der Waals surface area (Å²) in [6, 6.07) is 0. The Hall–Kier alpha value is -1.94. The molecule has 0 aromatic carbocycles. The molecule has 0 rings (SSSR count). The van der Waals surface area contributed by atoms with Gasteiger partial charge in [0.15, 0.2) is 12.2 Å². The Morgan fingerprint density at radius 1 is 0.303 bits per heavy atom. The number of unbranched alkanes of at least 4 members (excludes halogenated alkanes) is 39. The molecule has 2 unspecified atom stereocenters. The van der Waals surface area contributed by atoms with Gasteiger partial charge in [-0.1, -0.05) is 305 Å². The van der Waals surface area contributed by atoms with E-state index in [4.69, 9.17) is 37.0 Å². The molecule has 0 amide bonds. The summed E-state index contributed by atoms with van der Waals surface area (Å²) < 4.78 is 68.2. The van der Waals surface area contributed by atoms with Crippen molar-refractivity contribution in [3.63, 3.8) is 0 Å². The maximum absolute atomic E-state index is 13.0. The monoisotopic (exact) mass is 1310 g/mol. The molecule has 19 heteroatoms. The second-order valence-electron chi connectivity index (χ2n) is 26.2. The van der Waals surface area contributed by atoms with E-state index in [2.05, 4.69) is 41.5 Å². The fourth-order valence-corrected chi connectivity index (χ4v) is 12.2. The Kier molecular flexibility index (Phi) is 60.8. The number of hydrogen-bond acceptors (Lipinski definition) is 15. The van der Waals surface area contributed by atoms with Gasteiger partial charge in [-0.05, 0) is 37.5 Å². The van der Waals surface area contributed by atoms with Crippen LogP contribution >= 0.6 is 15.6 Å². The molecule has 0 radical (unpaired) electrons. The van der Waals surface area contributed by atoms with Gasteiger partial charge in [-0.3, -0.25) is 37.3 Å². The zero-order valence-electron chi connectivity index (χ0n) is 57.7. The summed E-state index contributed by atoms with van der Waals surface area (Å²) in [6.07, 6.45) is 47.2. The maximum Gasteiger partial charge on any atom is 0.472 e. The number of ether oxygens (including phenoxy) is 4. The zero-order valence-corrected chi connectivity index (χ0v) is 59.5. The number of hydrogen-bond donors (Lipinski definition) is 3. The molecule has 0 aliphatic carbocycles. The molecule has 0 aliphatic heterocycles. The second-order valence-corrected chi connectivity index (χ2v) is 29.1. The number of aliphatic hydroxyl groups excluding tert-OH is 1. The molecular weight excluding hydrogens is 1170 g/mol. The van der Waals surface area contributed by atoms with Crippen molar-refractivity contribution in [3.05, 3.63) is 0 Å². The number of carbonyl (C=O) groups is 4. The molecule has 0 aromatic heterocycles. The molecule has 0 aromatic rings. The topological polar surface area (TPSA) is 237 Å². The minimum absolute atomic E-state index is 0.105. The smallest absolute Gasteiger partial charge is 0.462 e. The summed E-state index contributed by atoms with van der Waals surface area (Å²) in [5.41, 5.74) is 0. The average Bonchev–Trinajstić information content (AvgIpc) is 3.65. The van der Waals surface area contributed by atoms with Gasteiger partial charge < -0.3 is 33.8 Å². The SMILES string of the molecule is CCCCCCCCCCCCCCCCC(=O)OC[C@H](COP(=O)(O)OC[C@@H](O)COP(=O)(O)OC[C@@H](COC(=O)CCCCCCCCCC)OC(=O)CCCCCCCCCCCC(C)C)OC(=O)CCCCCCCCCCCCCCC(C)C. The highest BCUT2D eigenvalue weighted by Gasteiger charge is 2.30. The molecule has 0 aliphatic rings. The van der Waals surface area contributed by atoms with Crippen LogP contribution in [0, 0.1) is 11.8 Å². The predicted molar refractivity (Wildman–Crippen MR) is 358 cm³/mol. The van der Waals surface area contributed by atoms with Crippen molar-refractivity contribution in [1.29, 1.82) is 0 Å². The third-order valence-electron chi connectivity index (χ3n) is 16.2. The van der Waals surface area contributed by atoms with Crippen molar-refractivity contribution in [1.82, 2.24) is 0 Å². The van der Waals surface area contributed by atoms with E-state index in [0.717, 1.165) is 108 Å². The van der Waals surface area contributed by atoms with E-state index in [1.165, 1.54) is 167 Å². The Balaban J connectivity index is 5.23. The molecular formula is C70H136O17P2. The Morgan fingerprint density at radius 2 is 0.517 bits per heavy atom. The van der Waals surface area contributed by atoms with Crippen LogP contribution in [0.15, 0.2) is 0 Å². The van der Waals surface area contributed by atoms with Gasteiger partial charge in [-0.2, -0.15) is 0 Å². The van der Waals surface area contributed by atoms with Crippen LogP contribution in [-0.2, 0) is 65.4 Å². The van der Waals surface area contributed by atoms with Crippen LogP contribution in [-0.4, -0.2) is 96.7 Å². The summed E-state index contributed by atoms with van der Waals surface area (Å²) in [5.74, 6) is -0.612. The highest BCUT2D eigenvalue weighted by atomic mass is 31.2. The molecule has 0 saturated heterocycles. The molecule has 17 nitrogen and oxygen atoms in total. The van der Waals surface area contributed by atoms with E-state index >= 15 is 0 Å². The molecule has 0 fully saturated rings. The summed E-state index contributed by atoms with van der Waals surface area (Å²) in [6.45, 7) is 9.51. The molecule has 89 heavy (non-hydrogen) atoms. The standard InChI is InChI=1S/C70H136O17P2/c1-7-9-11-13-15-17-18-19-20-24-29-35-41-47-53-68(73)81-59-66(86-69(74)54-48-42-36-30-25-22-21-23-27-32-38-44-50-62(3)4)61-85-89(78,79)83-57-64(71)56-82-88(76,77)84-60-65(58-80-67(72)52-46-40-34-16-14-12-10-8-2)87-70(75)55-49-43-37-31-26-28-33-39-45-51-63(5)6/h62-66,71H,7-61H2,1-6H3,(H,76,77)(H,78,79)/t64-,65+,66+/m0/s1. The van der Waals surface area contributed by atoms with Crippen molar-refractivity contribution in [3.8, 4) is 0 Å². The molecule has 0 heterocycles. The lowest BCUT2D eigenvalue weighted by molar-refractivity contribution is -0.161. The molecule has 0 bridgehead atoms. The first-order valence-electron chi connectivity index (χ1n) is 36.5. The third kappa shape index (κ3) is 64.6. The quantitative estimate of drug-likeness (QED) is 0.0222. The van der Waals surface area contributed by atoms with Crippen molar-refractivity contribution >= 4 is 39.5 Å². The second kappa shape index (κ2) is 62.2. The molecule has 0 spiro atoms. The van der Waals surface area contributed by atoms with Crippen molar-refractivity contribution in [2.75, 3.05) is 39.6 Å². The van der Waals surface area contributed by atoms with Crippen LogP contribution in [0.2, 0.25) is 0 Å².